The smallest absolute Gasteiger partial charge is 0.229 e. The van der Waals surface area contributed by atoms with Crippen molar-refractivity contribution in [3.05, 3.63) is 54.1 Å². The van der Waals surface area contributed by atoms with Crippen LogP contribution < -0.4 is 15.5 Å². The van der Waals surface area contributed by atoms with E-state index in [-0.39, 0.29) is 18.7 Å². The highest BCUT2D eigenvalue weighted by atomic mass is 19.2. The van der Waals surface area contributed by atoms with Gasteiger partial charge in [0.25, 0.3) is 0 Å². The maximum absolute atomic E-state index is 14.7. The summed E-state index contributed by atoms with van der Waals surface area (Å²) in [5.74, 6) is -1.45. The first kappa shape index (κ1) is 21.2. The standard InChI is InChI=1S/C21H23F2N9O/c22-18-8-17(30-3-1-24-2-4-30)7-14(19(18)23)12-32-20-15(10-27-32)9-25-21(29-20)28-16-11-26-31(13-16)5-6-33/h7-11,13,24,33H,1-6,12H2,(H,25,28,29). The second-order valence-electron chi connectivity index (χ2n) is 7.75. The molecule has 5 rings (SSSR count). The van der Waals surface area contributed by atoms with Crippen LogP contribution in [0.2, 0.25) is 0 Å². The first-order valence-corrected chi connectivity index (χ1v) is 10.6. The van der Waals surface area contributed by atoms with Crippen molar-refractivity contribution in [1.29, 1.82) is 0 Å². The molecule has 0 unspecified atom stereocenters. The number of aliphatic hydroxyl groups excluding tert-OH is 1. The van der Waals surface area contributed by atoms with E-state index in [1.807, 2.05) is 4.90 Å². The number of hydrogen-bond donors (Lipinski definition) is 3. The first-order valence-electron chi connectivity index (χ1n) is 10.6. The molecular formula is C21H23F2N9O. The molecule has 0 amide bonds. The fraction of sp³-hybridized carbons (Fsp3) is 0.333. The van der Waals surface area contributed by atoms with Gasteiger partial charge in [-0.1, -0.05) is 0 Å². The normalized spacial score (nSPS) is 14.2. The van der Waals surface area contributed by atoms with Gasteiger partial charge >= 0.3 is 0 Å². The van der Waals surface area contributed by atoms with Crippen LogP contribution in [0.5, 0.6) is 0 Å². The second-order valence-corrected chi connectivity index (χ2v) is 7.75. The summed E-state index contributed by atoms with van der Waals surface area (Å²) in [6.07, 6.45) is 6.52. The molecule has 1 fully saturated rings. The van der Waals surface area contributed by atoms with Gasteiger partial charge in [-0.15, -0.1) is 0 Å². The number of aliphatic hydroxyl groups is 1. The van der Waals surface area contributed by atoms with Crippen molar-refractivity contribution >= 4 is 28.4 Å². The number of nitrogens with one attached hydrogen (secondary N) is 2. The molecule has 1 aromatic carbocycles. The van der Waals surface area contributed by atoms with Gasteiger partial charge in [0.2, 0.25) is 5.95 Å². The molecule has 3 N–H and O–H groups in total. The number of piperazine rings is 1. The lowest BCUT2D eigenvalue weighted by Gasteiger charge is -2.30. The summed E-state index contributed by atoms with van der Waals surface area (Å²) >= 11 is 0. The van der Waals surface area contributed by atoms with Crippen LogP contribution in [0.4, 0.5) is 26.1 Å². The van der Waals surface area contributed by atoms with Crippen LogP contribution in [-0.2, 0) is 13.1 Å². The molecule has 10 nitrogen and oxygen atoms in total. The number of rotatable bonds is 7. The first-order chi connectivity index (χ1) is 16.1. The molecular weight excluding hydrogens is 432 g/mol. The molecule has 1 aliphatic rings. The Bertz CT molecular complexity index is 1270. The van der Waals surface area contributed by atoms with E-state index in [9.17, 15) is 8.78 Å². The zero-order chi connectivity index (χ0) is 22.8. The van der Waals surface area contributed by atoms with E-state index in [1.54, 1.807) is 35.5 Å². The molecule has 1 saturated heterocycles. The highest BCUT2D eigenvalue weighted by Crippen LogP contribution is 2.24. The minimum atomic E-state index is -0.888. The molecule has 1 aliphatic heterocycles. The lowest BCUT2D eigenvalue weighted by molar-refractivity contribution is 0.269. The van der Waals surface area contributed by atoms with E-state index in [0.717, 1.165) is 26.2 Å². The number of aromatic nitrogens is 6. The van der Waals surface area contributed by atoms with E-state index in [4.69, 9.17) is 5.11 Å². The highest BCUT2D eigenvalue weighted by molar-refractivity contribution is 5.75. The predicted octanol–water partition coefficient (Wildman–Crippen LogP) is 1.49. The van der Waals surface area contributed by atoms with Crippen LogP contribution in [0.3, 0.4) is 0 Å². The SMILES string of the molecule is OCCn1cc(Nc2ncc3cnn(Cc4cc(N5CCNCC5)cc(F)c4F)c3n2)cn1. The molecule has 0 spiro atoms. The van der Waals surface area contributed by atoms with Crippen molar-refractivity contribution < 1.29 is 13.9 Å². The monoisotopic (exact) mass is 455 g/mol. The summed E-state index contributed by atoms with van der Waals surface area (Å²) in [4.78, 5) is 10.8. The lowest BCUT2D eigenvalue weighted by Crippen LogP contribution is -2.43. The van der Waals surface area contributed by atoms with Crippen molar-refractivity contribution in [3.8, 4) is 0 Å². The van der Waals surface area contributed by atoms with Gasteiger partial charge in [-0.3, -0.25) is 4.68 Å². The van der Waals surface area contributed by atoms with Gasteiger partial charge in [0.15, 0.2) is 17.3 Å². The van der Waals surface area contributed by atoms with Gasteiger partial charge in [0.05, 0.1) is 43.2 Å². The third kappa shape index (κ3) is 4.47. The van der Waals surface area contributed by atoms with Crippen molar-refractivity contribution in [3.63, 3.8) is 0 Å². The Morgan fingerprint density at radius 1 is 1.09 bits per heavy atom. The zero-order valence-corrected chi connectivity index (χ0v) is 17.7. The number of hydrogen-bond acceptors (Lipinski definition) is 8. The van der Waals surface area contributed by atoms with Crippen molar-refractivity contribution in [1.82, 2.24) is 34.8 Å². The third-order valence-corrected chi connectivity index (χ3v) is 5.49. The van der Waals surface area contributed by atoms with Gasteiger partial charge < -0.3 is 20.6 Å². The van der Waals surface area contributed by atoms with E-state index in [0.29, 0.717) is 34.9 Å². The molecule has 0 atom stereocenters. The largest absolute Gasteiger partial charge is 0.394 e. The van der Waals surface area contributed by atoms with Gasteiger partial charge in [-0.25, -0.2) is 18.4 Å². The van der Waals surface area contributed by atoms with Crippen molar-refractivity contribution in [2.45, 2.75) is 13.1 Å². The number of benzene rings is 1. The number of halogens is 2. The highest BCUT2D eigenvalue weighted by Gasteiger charge is 2.18. The molecule has 0 aliphatic carbocycles. The van der Waals surface area contributed by atoms with Gasteiger partial charge in [-0.05, 0) is 6.07 Å². The Hall–Kier alpha value is -3.64. The maximum Gasteiger partial charge on any atom is 0.229 e. The number of anilines is 3. The van der Waals surface area contributed by atoms with E-state index in [1.165, 1.54) is 10.7 Å². The Balaban J connectivity index is 1.42. The molecule has 12 heteroatoms. The number of nitrogens with zero attached hydrogens (tertiary/aromatic N) is 7. The topological polar surface area (TPSA) is 109 Å². The minimum Gasteiger partial charge on any atom is -0.394 e. The van der Waals surface area contributed by atoms with Crippen LogP contribution in [0.25, 0.3) is 11.0 Å². The zero-order valence-electron chi connectivity index (χ0n) is 17.7. The molecule has 4 aromatic rings. The van der Waals surface area contributed by atoms with Gasteiger partial charge in [0, 0.05) is 55.9 Å². The van der Waals surface area contributed by atoms with Crippen LogP contribution in [0.15, 0.2) is 36.9 Å². The maximum atomic E-state index is 14.7. The molecule has 0 radical (unpaired) electrons. The Morgan fingerprint density at radius 2 is 1.94 bits per heavy atom. The van der Waals surface area contributed by atoms with Crippen LogP contribution in [-0.4, -0.2) is 67.4 Å². The second kappa shape index (κ2) is 9.08. The summed E-state index contributed by atoms with van der Waals surface area (Å²) in [6, 6.07) is 2.92. The summed E-state index contributed by atoms with van der Waals surface area (Å²) < 4.78 is 32.2. The summed E-state index contributed by atoms with van der Waals surface area (Å²) in [5, 5.41) is 24.4. The van der Waals surface area contributed by atoms with Crippen molar-refractivity contribution in [2.24, 2.45) is 0 Å². The molecule has 4 heterocycles. The van der Waals surface area contributed by atoms with Crippen molar-refractivity contribution in [2.75, 3.05) is 43.0 Å². The molecule has 33 heavy (non-hydrogen) atoms. The van der Waals surface area contributed by atoms with E-state index in [2.05, 4.69) is 30.8 Å². The fourth-order valence-corrected chi connectivity index (χ4v) is 3.84. The van der Waals surface area contributed by atoms with Gasteiger partial charge in [-0.2, -0.15) is 15.2 Å². The summed E-state index contributed by atoms with van der Waals surface area (Å²) in [7, 11) is 0. The van der Waals surface area contributed by atoms with E-state index >= 15 is 0 Å². The van der Waals surface area contributed by atoms with E-state index < -0.39 is 11.6 Å². The summed E-state index contributed by atoms with van der Waals surface area (Å²) in [5.41, 5.74) is 2.00. The predicted molar refractivity (Wildman–Crippen MR) is 118 cm³/mol. The Kier molecular flexibility index (Phi) is 5.84. The van der Waals surface area contributed by atoms with Crippen LogP contribution in [0, 0.1) is 11.6 Å². The average molecular weight is 455 g/mol. The molecule has 0 saturated carbocycles. The molecule has 0 bridgehead atoms. The van der Waals surface area contributed by atoms with Gasteiger partial charge in [0.1, 0.15) is 0 Å². The van der Waals surface area contributed by atoms with Crippen LogP contribution in [0.1, 0.15) is 5.56 Å². The lowest BCUT2D eigenvalue weighted by atomic mass is 10.1. The van der Waals surface area contributed by atoms with Crippen LogP contribution >= 0.6 is 0 Å². The molecule has 172 valence electrons. The quantitative estimate of drug-likeness (QED) is 0.385. The average Bonchev–Trinajstić information content (AvgIpc) is 3.44. The number of fused-ring (bicyclic) bond motifs is 1. The minimum absolute atomic E-state index is 0.0181. The third-order valence-electron chi connectivity index (χ3n) is 5.49. The summed E-state index contributed by atoms with van der Waals surface area (Å²) in [6.45, 7) is 3.43. The molecule has 3 aromatic heterocycles. The Labute approximate surface area is 187 Å². The Morgan fingerprint density at radius 3 is 2.76 bits per heavy atom. The fourth-order valence-electron chi connectivity index (χ4n) is 3.84.